The molecule has 0 bridgehead atoms. The largest absolute Gasteiger partial charge is 0.330 e. The summed E-state index contributed by atoms with van der Waals surface area (Å²) in [5.41, 5.74) is 5.47. The van der Waals surface area contributed by atoms with Gasteiger partial charge in [0.15, 0.2) is 9.84 Å². The molecule has 0 aliphatic carbocycles. The Morgan fingerprint density at radius 3 is 2.38 bits per heavy atom. The number of rotatable bonds is 4. The molecule has 0 radical (unpaired) electrons. The standard InChI is InChI=1S/C13H20N2O4S2/c1-13(9-14)6-7-15(10-13)21(18,19)12-5-3-4-11(8-12)20(2,16)17/h3-5,8H,6-7,9-10,14H2,1-2H3. The Bertz CT molecular complexity index is 743. The minimum absolute atomic E-state index is 0.00404. The first-order chi connectivity index (χ1) is 9.58. The molecule has 1 fully saturated rings. The lowest BCUT2D eigenvalue weighted by Crippen LogP contribution is -2.34. The summed E-state index contributed by atoms with van der Waals surface area (Å²) in [6, 6.07) is 5.47. The first-order valence-electron chi connectivity index (χ1n) is 6.59. The summed E-state index contributed by atoms with van der Waals surface area (Å²) in [4.78, 5) is 0.0102. The Balaban J connectivity index is 2.38. The molecule has 1 aliphatic rings. The van der Waals surface area contributed by atoms with Crippen LogP contribution in [0.1, 0.15) is 13.3 Å². The molecular formula is C13H20N2O4S2. The van der Waals surface area contributed by atoms with E-state index in [0.717, 1.165) is 6.26 Å². The third-order valence-corrected chi connectivity index (χ3v) is 6.84. The number of sulfonamides is 1. The minimum Gasteiger partial charge on any atom is -0.330 e. The molecule has 1 saturated heterocycles. The van der Waals surface area contributed by atoms with Crippen LogP contribution in [0.3, 0.4) is 0 Å². The SMILES string of the molecule is CC1(CN)CCN(S(=O)(=O)c2cccc(S(C)(=O)=O)c2)C1. The van der Waals surface area contributed by atoms with E-state index in [1.54, 1.807) is 0 Å². The van der Waals surface area contributed by atoms with Gasteiger partial charge in [0.2, 0.25) is 10.0 Å². The Hall–Kier alpha value is -0.960. The second kappa shape index (κ2) is 5.35. The summed E-state index contributed by atoms with van der Waals surface area (Å²) in [7, 11) is -7.13. The smallest absolute Gasteiger partial charge is 0.243 e. The first kappa shape index (κ1) is 16.4. The third-order valence-electron chi connectivity index (χ3n) is 3.89. The van der Waals surface area contributed by atoms with Gasteiger partial charge in [-0.25, -0.2) is 16.8 Å². The molecule has 1 atom stereocenters. The summed E-state index contributed by atoms with van der Waals surface area (Å²) in [5.74, 6) is 0. The van der Waals surface area contributed by atoms with Gasteiger partial charge in [-0.15, -0.1) is 0 Å². The molecule has 8 heteroatoms. The number of hydrogen-bond acceptors (Lipinski definition) is 5. The highest BCUT2D eigenvalue weighted by Crippen LogP contribution is 2.32. The van der Waals surface area contributed by atoms with E-state index in [-0.39, 0.29) is 15.2 Å². The van der Waals surface area contributed by atoms with Gasteiger partial charge < -0.3 is 5.73 Å². The number of nitrogens with zero attached hydrogens (tertiary/aromatic N) is 1. The molecule has 1 aromatic rings. The lowest BCUT2D eigenvalue weighted by atomic mass is 9.90. The number of sulfone groups is 1. The zero-order valence-corrected chi connectivity index (χ0v) is 13.7. The van der Waals surface area contributed by atoms with E-state index >= 15 is 0 Å². The zero-order valence-electron chi connectivity index (χ0n) is 12.1. The maximum Gasteiger partial charge on any atom is 0.243 e. The molecule has 2 N–H and O–H groups in total. The monoisotopic (exact) mass is 332 g/mol. The van der Waals surface area contributed by atoms with E-state index in [9.17, 15) is 16.8 Å². The fourth-order valence-electron chi connectivity index (χ4n) is 2.36. The van der Waals surface area contributed by atoms with E-state index < -0.39 is 19.9 Å². The van der Waals surface area contributed by atoms with Gasteiger partial charge in [-0.3, -0.25) is 0 Å². The van der Waals surface area contributed by atoms with Gasteiger partial charge in [0, 0.05) is 19.3 Å². The van der Waals surface area contributed by atoms with Crippen molar-refractivity contribution >= 4 is 19.9 Å². The van der Waals surface area contributed by atoms with Gasteiger partial charge in [-0.1, -0.05) is 13.0 Å². The molecule has 1 aromatic carbocycles. The van der Waals surface area contributed by atoms with Crippen molar-refractivity contribution in [3.8, 4) is 0 Å². The normalized spacial score (nSPS) is 24.3. The lowest BCUT2D eigenvalue weighted by molar-refractivity contribution is 0.349. The van der Waals surface area contributed by atoms with Crippen molar-refractivity contribution in [2.75, 3.05) is 25.9 Å². The van der Waals surface area contributed by atoms with Crippen molar-refractivity contribution in [2.24, 2.45) is 11.1 Å². The van der Waals surface area contributed by atoms with E-state index in [4.69, 9.17) is 5.73 Å². The van der Waals surface area contributed by atoms with E-state index in [1.165, 1.54) is 28.6 Å². The van der Waals surface area contributed by atoms with Gasteiger partial charge in [-0.2, -0.15) is 4.31 Å². The maximum atomic E-state index is 12.6. The topological polar surface area (TPSA) is 97.5 Å². The molecular weight excluding hydrogens is 312 g/mol. The summed E-state index contributed by atoms with van der Waals surface area (Å²) < 4.78 is 49.7. The lowest BCUT2D eigenvalue weighted by Gasteiger charge is -2.22. The molecule has 1 heterocycles. The van der Waals surface area contributed by atoms with Crippen LogP contribution in [0, 0.1) is 5.41 Å². The molecule has 0 saturated carbocycles. The van der Waals surface area contributed by atoms with E-state index in [1.807, 2.05) is 6.92 Å². The Morgan fingerprint density at radius 2 is 1.86 bits per heavy atom. The van der Waals surface area contributed by atoms with Gasteiger partial charge in [0.1, 0.15) is 0 Å². The molecule has 0 amide bonds. The van der Waals surface area contributed by atoms with Crippen molar-refractivity contribution in [2.45, 2.75) is 23.1 Å². The first-order valence-corrected chi connectivity index (χ1v) is 9.92. The molecule has 1 aliphatic heterocycles. The van der Waals surface area contributed by atoms with Crippen molar-refractivity contribution < 1.29 is 16.8 Å². The fraction of sp³-hybridized carbons (Fsp3) is 0.538. The maximum absolute atomic E-state index is 12.6. The van der Waals surface area contributed by atoms with E-state index in [0.29, 0.717) is 26.1 Å². The molecule has 2 rings (SSSR count). The van der Waals surface area contributed by atoms with Gasteiger partial charge >= 0.3 is 0 Å². The number of benzene rings is 1. The zero-order chi connectivity index (χ0) is 15.9. The molecule has 1 unspecified atom stereocenters. The number of hydrogen-bond donors (Lipinski definition) is 1. The fourth-order valence-corrected chi connectivity index (χ4v) is 4.74. The Morgan fingerprint density at radius 1 is 1.24 bits per heavy atom. The minimum atomic E-state index is -3.69. The highest BCUT2D eigenvalue weighted by atomic mass is 32.2. The highest BCUT2D eigenvalue weighted by Gasteiger charge is 2.39. The Labute approximate surface area is 125 Å². The van der Waals surface area contributed by atoms with Gasteiger partial charge in [-0.05, 0) is 36.6 Å². The molecule has 6 nitrogen and oxygen atoms in total. The van der Waals surface area contributed by atoms with Crippen molar-refractivity contribution in [1.29, 1.82) is 0 Å². The van der Waals surface area contributed by atoms with Crippen LogP contribution in [0.2, 0.25) is 0 Å². The molecule has 0 spiro atoms. The van der Waals surface area contributed by atoms with Crippen LogP contribution in [-0.4, -0.2) is 47.0 Å². The van der Waals surface area contributed by atoms with Crippen LogP contribution in [0.25, 0.3) is 0 Å². The predicted molar refractivity (Wildman–Crippen MR) is 80.1 cm³/mol. The van der Waals surface area contributed by atoms with Crippen LogP contribution in [0.5, 0.6) is 0 Å². The molecule has 0 aromatic heterocycles. The Kier molecular flexibility index (Phi) is 4.18. The predicted octanol–water partition coefficient (Wildman–Crippen LogP) is 0.450. The second-order valence-corrected chi connectivity index (χ2v) is 9.80. The van der Waals surface area contributed by atoms with Crippen LogP contribution in [0.15, 0.2) is 34.1 Å². The second-order valence-electron chi connectivity index (χ2n) is 5.85. The summed E-state index contributed by atoms with van der Waals surface area (Å²) >= 11 is 0. The summed E-state index contributed by atoms with van der Waals surface area (Å²) in [6.45, 7) is 3.13. The van der Waals surface area contributed by atoms with Crippen molar-refractivity contribution in [3.05, 3.63) is 24.3 Å². The highest BCUT2D eigenvalue weighted by molar-refractivity contribution is 7.91. The summed E-state index contributed by atoms with van der Waals surface area (Å²) in [5, 5.41) is 0. The van der Waals surface area contributed by atoms with Crippen LogP contribution in [0.4, 0.5) is 0 Å². The third kappa shape index (κ3) is 3.28. The van der Waals surface area contributed by atoms with Gasteiger partial charge in [0.05, 0.1) is 9.79 Å². The van der Waals surface area contributed by atoms with Crippen LogP contribution < -0.4 is 5.73 Å². The average Bonchev–Trinajstić information content (AvgIpc) is 2.82. The van der Waals surface area contributed by atoms with E-state index in [2.05, 4.69) is 0 Å². The van der Waals surface area contributed by atoms with Gasteiger partial charge in [0.25, 0.3) is 0 Å². The van der Waals surface area contributed by atoms with Crippen molar-refractivity contribution in [3.63, 3.8) is 0 Å². The van der Waals surface area contributed by atoms with Crippen molar-refractivity contribution in [1.82, 2.24) is 4.31 Å². The quantitative estimate of drug-likeness (QED) is 0.863. The molecule has 21 heavy (non-hydrogen) atoms. The van der Waals surface area contributed by atoms with Crippen LogP contribution >= 0.6 is 0 Å². The summed E-state index contributed by atoms with van der Waals surface area (Å²) in [6.07, 6.45) is 1.76. The van der Waals surface area contributed by atoms with Crippen LogP contribution in [-0.2, 0) is 19.9 Å². The number of nitrogens with two attached hydrogens (primary N) is 1. The molecule has 118 valence electrons. The average molecular weight is 332 g/mol.